The van der Waals surface area contributed by atoms with Crippen LogP contribution in [0.25, 0.3) is 0 Å². The van der Waals surface area contributed by atoms with Crippen molar-refractivity contribution in [3.8, 4) is 11.5 Å². The van der Waals surface area contributed by atoms with Crippen molar-refractivity contribution >= 4 is 17.6 Å². The maximum atomic E-state index is 13.5. The van der Waals surface area contributed by atoms with Crippen molar-refractivity contribution in [3.63, 3.8) is 0 Å². The molecule has 0 aromatic heterocycles. The van der Waals surface area contributed by atoms with Crippen LogP contribution in [0.2, 0.25) is 0 Å². The molecule has 282 valence electrons. The zero-order valence-corrected chi connectivity index (χ0v) is 31.5. The van der Waals surface area contributed by atoms with Gasteiger partial charge in [0.2, 0.25) is 0 Å². The SMILES string of the molecule is COCOc1ccc(C2OCC(C)(C)CO2)cc1C(O)(c1cccc(NC(=O)C(C)(C)OC(C)=O)c1)c1cc(C2OCC(C)(C)CO2)ccc1OC. The zero-order valence-electron chi connectivity index (χ0n) is 31.5. The molecule has 2 fully saturated rings. The summed E-state index contributed by atoms with van der Waals surface area (Å²) in [6, 6.07) is 17.5. The van der Waals surface area contributed by atoms with E-state index in [1.54, 1.807) is 48.5 Å². The molecule has 52 heavy (non-hydrogen) atoms. The fourth-order valence-electron chi connectivity index (χ4n) is 6.12. The van der Waals surface area contributed by atoms with E-state index in [1.165, 1.54) is 35.0 Å². The molecule has 0 spiro atoms. The third kappa shape index (κ3) is 8.76. The van der Waals surface area contributed by atoms with Crippen LogP contribution in [0, 0.1) is 10.8 Å². The van der Waals surface area contributed by atoms with E-state index >= 15 is 0 Å². The minimum atomic E-state index is -2.01. The van der Waals surface area contributed by atoms with Crippen LogP contribution in [-0.2, 0) is 43.6 Å². The Morgan fingerprint density at radius 2 is 1.33 bits per heavy atom. The first-order valence-electron chi connectivity index (χ1n) is 17.2. The van der Waals surface area contributed by atoms with E-state index in [1.807, 2.05) is 12.1 Å². The smallest absolute Gasteiger partial charge is 0.303 e. The van der Waals surface area contributed by atoms with Crippen LogP contribution in [0.15, 0.2) is 60.7 Å². The molecule has 0 aliphatic carbocycles. The van der Waals surface area contributed by atoms with E-state index < -0.39 is 35.7 Å². The number of hydrogen-bond acceptors (Lipinski definition) is 11. The van der Waals surface area contributed by atoms with Gasteiger partial charge in [-0.05, 0) is 55.8 Å². The average molecular weight is 722 g/mol. The van der Waals surface area contributed by atoms with Gasteiger partial charge < -0.3 is 48.3 Å². The molecule has 3 aromatic rings. The molecule has 2 aliphatic rings. The molecule has 1 atom stereocenters. The second kappa shape index (κ2) is 15.5. The van der Waals surface area contributed by atoms with Crippen molar-refractivity contribution in [1.29, 1.82) is 0 Å². The van der Waals surface area contributed by atoms with Crippen LogP contribution in [0.5, 0.6) is 11.5 Å². The standard InChI is InChI=1S/C40H51NO11/c1-25(42)52-39(6,7)36(43)41-29-12-10-11-28(19-29)40(44,30-17-26(13-15-32(30)46-9)34-47-20-37(2,3)21-48-34)31-18-27(14-16-33(31)51-24-45-8)35-49-22-38(4,5)23-50-35/h10-19,34-35,44H,20-24H2,1-9H3,(H,41,43). The second-order valence-corrected chi connectivity index (χ2v) is 15.4. The third-order valence-corrected chi connectivity index (χ3v) is 8.87. The summed E-state index contributed by atoms with van der Waals surface area (Å²) in [4.78, 5) is 25.0. The number of anilines is 1. The summed E-state index contributed by atoms with van der Waals surface area (Å²) in [5, 5.41) is 16.4. The van der Waals surface area contributed by atoms with Crippen LogP contribution in [0.1, 0.15) is 88.9 Å². The topological polar surface area (TPSA) is 140 Å². The van der Waals surface area contributed by atoms with Gasteiger partial charge in [-0.15, -0.1) is 0 Å². The Morgan fingerprint density at radius 1 is 0.808 bits per heavy atom. The lowest BCUT2D eigenvalue weighted by Gasteiger charge is -2.37. The first kappa shape index (κ1) is 39.2. The molecule has 2 N–H and O–H groups in total. The molecule has 12 heteroatoms. The molecule has 2 aliphatic heterocycles. The molecule has 0 bridgehead atoms. The summed E-state index contributed by atoms with van der Waals surface area (Å²) in [6.45, 7) is 14.3. The highest BCUT2D eigenvalue weighted by molar-refractivity contribution is 5.98. The van der Waals surface area contributed by atoms with Crippen LogP contribution in [0.3, 0.4) is 0 Å². The fourth-order valence-corrected chi connectivity index (χ4v) is 6.12. The Labute approximate surface area is 305 Å². The predicted octanol–water partition coefficient (Wildman–Crippen LogP) is 6.39. The number of hydrogen-bond donors (Lipinski definition) is 2. The molecular formula is C40H51NO11. The normalized spacial score (nSPS) is 19.0. The van der Waals surface area contributed by atoms with Gasteiger partial charge in [0.1, 0.15) is 17.1 Å². The Morgan fingerprint density at radius 3 is 1.83 bits per heavy atom. The number of carbonyl (C=O) groups excluding carboxylic acids is 2. The maximum absolute atomic E-state index is 13.5. The van der Waals surface area contributed by atoms with E-state index in [-0.39, 0.29) is 17.6 Å². The first-order valence-corrected chi connectivity index (χ1v) is 17.2. The first-order chi connectivity index (χ1) is 24.5. The molecule has 12 nitrogen and oxygen atoms in total. The molecule has 0 radical (unpaired) electrons. The minimum absolute atomic E-state index is 0.106. The molecular weight excluding hydrogens is 670 g/mol. The van der Waals surface area contributed by atoms with Gasteiger partial charge in [0.05, 0.1) is 33.5 Å². The Kier molecular flexibility index (Phi) is 11.7. The van der Waals surface area contributed by atoms with Gasteiger partial charge in [-0.3, -0.25) is 9.59 Å². The van der Waals surface area contributed by atoms with Gasteiger partial charge in [0.15, 0.2) is 25.0 Å². The number of nitrogens with one attached hydrogen (secondary N) is 1. The zero-order chi connectivity index (χ0) is 37.9. The van der Waals surface area contributed by atoms with Crippen molar-refractivity contribution < 1.29 is 52.6 Å². The third-order valence-electron chi connectivity index (χ3n) is 8.87. The fraction of sp³-hybridized carbons (Fsp3) is 0.500. The van der Waals surface area contributed by atoms with Crippen molar-refractivity contribution in [2.45, 2.75) is 72.2 Å². The molecule has 0 saturated carbocycles. The molecule has 3 aromatic carbocycles. The second-order valence-electron chi connectivity index (χ2n) is 15.4. The number of aliphatic hydroxyl groups is 1. The van der Waals surface area contributed by atoms with Gasteiger partial charge in [-0.25, -0.2) is 0 Å². The number of rotatable bonds is 12. The summed E-state index contributed by atoms with van der Waals surface area (Å²) < 4.78 is 47.1. The number of esters is 1. The van der Waals surface area contributed by atoms with Crippen molar-refractivity contribution in [1.82, 2.24) is 0 Å². The summed E-state index contributed by atoms with van der Waals surface area (Å²) in [6.07, 6.45) is -1.40. The summed E-state index contributed by atoms with van der Waals surface area (Å²) >= 11 is 0. The van der Waals surface area contributed by atoms with Crippen LogP contribution >= 0.6 is 0 Å². The molecule has 5 rings (SSSR count). The lowest BCUT2D eigenvalue weighted by atomic mass is 9.78. The van der Waals surface area contributed by atoms with E-state index in [2.05, 4.69) is 33.0 Å². The minimum Gasteiger partial charge on any atom is -0.496 e. The van der Waals surface area contributed by atoms with Crippen LogP contribution in [-0.4, -0.2) is 70.0 Å². The van der Waals surface area contributed by atoms with Crippen molar-refractivity contribution in [2.24, 2.45) is 10.8 Å². The van der Waals surface area contributed by atoms with Crippen molar-refractivity contribution in [2.75, 3.05) is 52.8 Å². The Hall–Kier alpha value is -4.04. The molecule has 1 amide bonds. The lowest BCUT2D eigenvalue weighted by molar-refractivity contribution is -0.226. The van der Waals surface area contributed by atoms with E-state index in [9.17, 15) is 14.7 Å². The van der Waals surface area contributed by atoms with Crippen molar-refractivity contribution in [3.05, 3.63) is 88.5 Å². The van der Waals surface area contributed by atoms with Gasteiger partial charge in [-0.2, -0.15) is 0 Å². The van der Waals surface area contributed by atoms with E-state index in [0.717, 1.165) is 0 Å². The number of methoxy groups -OCH3 is 2. The summed E-state index contributed by atoms with van der Waals surface area (Å²) in [5.74, 6) is -0.474. The molecule has 2 saturated heterocycles. The van der Waals surface area contributed by atoms with Crippen LogP contribution < -0.4 is 14.8 Å². The van der Waals surface area contributed by atoms with Gasteiger partial charge >= 0.3 is 5.97 Å². The molecule has 1 unspecified atom stereocenters. The molecule has 2 heterocycles. The summed E-state index contributed by atoms with van der Waals surface area (Å²) in [7, 11) is 3.03. The average Bonchev–Trinajstić information content (AvgIpc) is 3.09. The Balaban J connectivity index is 1.71. The lowest BCUT2D eigenvalue weighted by Crippen LogP contribution is -2.41. The highest BCUT2D eigenvalue weighted by atomic mass is 16.7. The monoisotopic (exact) mass is 721 g/mol. The van der Waals surface area contributed by atoms with Gasteiger partial charge in [-0.1, -0.05) is 52.0 Å². The quantitative estimate of drug-likeness (QED) is 0.122. The predicted molar refractivity (Wildman–Crippen MR) is 192 cm³/mol. The Bertz CT molecular complexity index is 1730. The number of benzene rings is 3. The van der Waals surface area contributed by atoms with Crippen LogP contribution in [0.4, 0.5) is 5.69 Å². The number of amides is 1. The largest absolute Gasteiger partial charge is 0.496 e. The number of carbonyl (C=O) groups is 2. The highest BCUT2D eigenvalue weighted by Crippen LogP contribution is 2.48. The van der Waals surface area contributed by atoms with Gasteiger partial charge in [0.25, 0.3) is 5.91 Å². The summed E-state index contributed by atoms with van der Waals surface area (Å²) in [5.41, 5.74) is -1.12. The maximum Gasteiger partial charge on any atom is 0.303 e. The number of ether oxygens (including phenoxy) is 8. The van der Waals surface area contributed by atoms with E-state index in [0.29, 0.717) is 71.4 Å². The van der Waals surface area contributed by atoms with E-state index in [4.69, 9.17) is 37.9 Å². The van der Waals surface area contributed by atoms with Gasteiger partial charge in [0, 0.05) is 52.8 Å². The highest BCUT2D eigenvalue weighted by Gasteiger charge is 2.42.